The fourth-order valence-electron chi connectivity index (χ4n) is 0.459. The lowest BCUT2D eigenvalue weighted by Crippen LogP contribution is -2.28. The minimum absolute atomic E-state index is 0.397. The van der Waals surface area contributed by atoms with Gasteiger partial charge in [-0.25, -0.2) is 9.79 Å². The summed E-state index contributed by atoms with van der Waals surface area (Å²) in [6.07, 6.45) is 1.46. The molecule has 0 N–H and O–H groups in total. The van der Waals surface area contributed by atoms with Gasteiger partial charge in [-0.1, -0.05) is 5.70 Å². The number of hydrogen-bond acceptors (Lipinski definition) is 3. The van der Waals surface area contributed by atoms with Crippen LogP contribution in [0.2, 0.25) is 13.1 Å². The monoisotopic (exact) mass is 171 g/mol. The van der Waals surface area contributed by atoms with Gasteiger partial charge in [-0.05, 0) is 13.1 Å². The molecule has 0 unspecified atom stereocenters. The molecule has 0 aromatic carbocycles. The van der Waals surface area contributed by atoms with Crippen molar-refractivity contribution in [3.63, 3.8) is 0 Å². The summed E-state index contributed by atoms with van der Waals surface area (Å²) < 4.78 is 5.43. The SMILES string of the molecule is C=C[Si](C)(C)OCCN=C=O. The molecule has 0 aliphatic carbocycles. The molecule has 0 spiro atoms. The smallest absolute Gasteiger partial charge is 0.235 e. The van der Waals surface area contributed by atoms with Gasteiger partial charge in [0.25, 0.3) is 0 Å². The fraction of sp³-hybridized carbons (Fsp3) is 0.571. The van der Waals surface area contributed by atoms with Gasteiger partial charge in [0, 0.05) is 0 Å². The molecule has 4 heteroatoms. The molecule has 0 heterocycles. The predicted molar refractivity (Wildman–Crippen MR) is 46.6 cm³/mol. The summed E-state index contributed by atoms with van der Waals surface area (Å²) in [6, 6.07) is 0. The lowest BCUT2D eigenvalue weighted by molar-refractivity contribution is 0.326. The molecular weight excluding hydrogens is 158 g/mol. The highest BCUT2D eigenvalue weighted by molar-refractivity contribution is 6.76. The molecule has 0 aliphatic heterocycles. The number of carbonyl (C=O) groups excluding carboxylic acids is 1. The Morgan fingerprint density at radius 3 is 2.82 bits per heavy atom. The molecule has 0 radical (unpaired) electrons. The van der Waals surface area contributed by atoms with E-state index in [1.165, 1.54) is 6.08 Å². The van der Waals surface area contributed by atoms with Crippen LogP contribution >= 0.6 is 0 Å². The van der Waals surface area contributed by atoms with E-state index in [0.29, 0.717) is 13.2 Å². The average Bonchev–Trinajstić information content (AvgIpc) is 1.99. The molecule has 0 saturated carbocycles. The molecule has 0 aliphatic rings. The van der Waals surface area contributed by atoms with Crippen LogP contribution in [0.25, 0.3) is 0 Å². The van der Waals surface area contributed by atoms with Crippen LogP contribution in [0.5, 0.6) is 0 Å². The minimum Gasteiger partial charge on any atom is -0.412 e. The summed E-state index contributed by atoms with van der Waals surface area (Å²) in [6.45, 7) is 8.61. The van der Waals surface area contributed by atoms with E-state index in [1.807, 2.05) is 18.8 Å². The molecular formula is C7H13NO2Si. The Morgan fingerprint density at radius 1 is 1.73 bits per heavy atom. The van der Waals surface area contributed by atoms with Crippen LogP contribution in [-0.2, 0) is 9.22 Å². The Morgan fingerprint density at radius 2 is 2.36 bits per heavy atom. The molecule has 3 nitrogen and oxygen atoms in total. The van der Waals surface area contributed by atoms with Gasteiger partial charge in [0.05, 0.1) is 13.2 Å². The van der Waals surface area contributed by atoms with E-state index in [9.17, 15) is 4.79 Å². The van der Waals surface area contributed by atoms with Gasteiger partial charge >= 0.3 is 0 Å². The number of isocyanates is 1. The van der Waals surface area contributed by atoms with Crippen molar-refractivity contribution in [1.29, 1.82) is 0 Å². The summed E-state index contributed by atoms with van der Waals surface area (Å²) in [7, 11) is -1.65. The summed E-state index contributed by atoms with van der Waals surface area (Å²) >= 11 is 0. The zero-order valence-electron chi connectivity index (χ0n) is 6.96. The van der Waals surface area contributed by atoms with Crippen molar-refractivity contribution in [3.8, 4) is 0 Å². The fourth-order valence-corrected chi connectivity index (χ4v) is 1.19. The third-order valence-electron chi connectivity index (χ3n) is 1.23. The van der Waals surface area contributed by atoms with Crippen LogP contribution in [0, 0.1) is 0 Å². The Bertz CT molecular complexity index is 173. The van der Waals surface area contributed by atoms with E-state index < -0.39 is 8.32 Å². The van der Waals surface area contributed by atoms with Gasteiger partial charge in [0.15, 0.2) is 0 Å². The van der Waals surface area contributed by atoms with Crippen molar-refractivity contribution in [1.82, 2.24) is 0 Å². The molecule has 0 bridgehead atoms. The van der Waals surface area contributed by atoms with Crippen molar-refractivity contribution in [2.75, 3.05) is 13.2 Å². The number of aliphatic imine (C=N–C) groups is 1. The quantitative estimate of drug-likeness (QED) is 0.270. The zero-order chi connectivity index (χ0) is 8.74. The van der Waals surface area contributed by atoms with Crippen LogP contribution in [0.4, 0.5) is 0 Å². The average molecular weight is 171 g/mol. The van der Waals surface area contributed by atoms with E-state index in [-0.39, 0.29) is 0 Å². The second kappa shape index (κ2) is 5.01. The van der Waals surface area contributed by atoms with Crippen LogP contribution < -0.4 is 0 Å². The second-order valence-electron chi connectivity index (χ2n) is 2.63. The molecule has 0 atom stereocenters. The first-order chi connectivity index (χ1) is 5.12. The van der Waals surface area contributed by atoms with Gasteiger partial charge in [-0.15, -0.1) is 6.58 Å². The molecule has 11 heavy (non-hydrogen) atoms. The second-order valence-corrected chi connectivity index (χ2v) is 6.53. The standard InChI is InChI=1S/C7H13NO2Si/c1-4-11(2,3)10-6-5-8-7-9/h4H,1,5-6H2,2-3H3. The highest BCUT2D eigenvalue weighted by Crippen LogP contribution is 2.03. The van der Waals surface area contributed by atoms with Crippen molar-refractivity contribution in [2.45, 2.75) is 13.1 Å². The molecule has 0 fully saturated rings. The maximum atomic E-state index is 9.64. The Balaban J connectivity index is 3.53. The molecule has 0 aromatic heterocycles. The first-order valence-electron chi connectivity index (χ1n) is 3.43. The highest BCUT2D eigenvalue weighted by atomic mass is 28.4. The number of nitrogens with zero attached hydrogens (tertiary/aromatic N) is 1. The first kappa shape index (κ1) is 10.3. The normalized spacial score (nSPS) is 10.4. The molecule has 62 valence electrons. The van der Waals surface area contributed by atoms with E-state index >= 15 is 0 Å². The predicted octanol–water partition coefficient (Wildman–Crippen LogP) is 1.27. The molecule has 0 rings (SSSR count). The lowest BCUT2D eigenvalue weighted by atomic mass is 10.7. The Kier molecular flexibility index (Phi) is 4.69. The van der Waals surface area contributed by atoms with Crippen LogP contribution in [0.3, 0.4) is 0 Å². The van der Waals surface area contributed by atoms with Crippen molar-refractivity contribution >= 4 is 14.4 Å². The highest BCUT2D eigenvalue weighted by Gasteiger charge is 2.16. The van der Waals surface area contributed by atoms with E-state index in [2.05, 4.69) is 11.6 Å². The van der Waals surface area contributed by atoms with Gasteiger partial charge in [0.2, 0.25) is 14.4 Å². The molecule has 0 saturated heterocycles. The summed E-state index contributed by atoms with van der Waals surface area (Å²) in [5.74, 6) is 0. The van der Waals surface area contributed by atoms with Crippen molar-refractivity contribution in [2.24, 2.45) is 4.99 Å². The van der Waals surface area contributed by atoms with Gasteiger partial charge in [-0.2, -0.15) is 0 Å². The maximum Gasteiger partial charge on any atom is 0.235 e. The zero-order valence-corrected chi connectivity index (χ0v) is 7.96. The van der Waals surface area contributed by atoms with Crippen LogP contribution in [0.1, 0.15) is 0 Å². The molecule has 0 aromatic rings. The van der Waals surface area contributed by atoms with E-state index in [4.69, 9.17) is 4.43 Å². The van der Waals surface area contributed by atoms with Gasteiger partial charge < -0.3 is 4.43 Å². The summed E-state index contributed by atoms with van der Waals surface area (Å²) in [5, 5.41) is 0. The third kappa shape index (κ3) is 5.73. The van der Waals surface area contributed by atoms with Gasteiger partial charge in [-0.3, -0.25) is 0 Å². The maximum absolute atomic E-state index is 9.64. The van der Waals surface area contributed by atoms with Gasteiger partial charge in [0.1, 0.15) is 0 Å². The lowest BCUT2D eigenvalue weighted by Gasteiger charge is -2.16. The van der Waals surface area contributed by atoms with E-state index in [1.54, 1.807) is 0 Å². The van der Waals surface area contributed by atoms with Crippen molar-refractivity contribution in [3.05, 3.63) is 12.3 Å². The first-order valence-corrected chi connectivity index (χ1v) is 6.42. The summed E-state index contributed by atoms with van der Waals surface area (Å²) in [4.78, 5) is 13.0. The van der Waals surface area contributed by atoms with Crippen LogP contribution in [0.15, 0.2) is 17.3 Å². The Labute approximate surface area is 67.9 Å². The largest absolute Gasteiger partial charge is 0.412 e. The Hall–Kier alpha value is -0.703. The number of hydrogen-bond donors (Lipinski definition) is 0. The molecule has 0 amide bonds. The third-order valence-corrected chi connectivity index (χ3v) is 3.16. The summed E-state index contributed by atoms with van der Waals surface area (Å²) in [5.41, 5.74) is 1.84. The van der Waals surface area contributed by atoms with E-state index in [0.717, 1.165) is 0 Å². The van der Waals surface area contributed by atoms with Crippen molar-refractivity contribution < 1.29 is 9.22 Å². The minimum atomic E-state index is -1.65. The van der Waals surface area contributed by atoms with Crippen LogP contribution in [-0.4, -0.2) is 27.5 Å². The number of rotatable bonds is 5. The topological polar surface area (TPSA) is 38.7 Å².